The Balaban J connectivity index is 0.000000120. The average Bonchev–Trinajstić information content (AvgIpc) is 1.83. The molecule has 2 saturated heterocycles. The van der Waals surface area contributed by atoms with Gasteiger partial charge in [-0.05, 0) is 0 Å². The van der Waals surface area contributed by atoms with E-state index in [1.165, 1.54) is 0 Å². The fourth-order valence-electron chi connectivity index (χ4n) is 0.780. The van der Waals surface area contributed by atoms with Crippen molar-refractivity contribution >= 4 is 0 Å². The van der Waals surface area contributed by atoms with E-state index in [1.54, 1.807) is 0 Å². The van der Waals surface area contributed by atoms with Crippen LogP contribution in [0.5, 0.6) is 0 Å². The molecule has 0 spiro atoms. The minimum atomic E-state index is 0.292. The van der Waals surface area contributed by atoms with E-state index in [4.69, 9.17) is 19.7 Å². The summed E-state index contributed by atoms with van der Waals surface area (Å²) in [6, 6.07) is 0. The second kappa shape index (κ2) is 5.48. The third-order valence-electron chi connectivity index (χ3n) is 1.93. The van der Waals surface area contributed by atoms with Crippen LogP contribution in [0.15, 0.2) is 0 Å². The van der Waals surface area contributed by atoms with Gasteiger partial charge in [-0.3, -0.25) is 0 Å². The van der Waals surface area contributed by atoms with E-state index in [-0.39, 0.29) is 0 Å². The Kier molecular flexibility index (Phi) is 4.53. The first-order valence-electron chi connectivity index (χ1n) is 4.24. The molecule has 2 aliphatic rings. The summed E-state index contributed by atoms with van der Waals surface area (Å²) in [5.74, 6) is 0.898. The van der Waals surface area contributed by atoms with Crippen molar-refractivity contribution in [1.82, 2.24) is 0 Å². The first kappa shape index (κ1) is 9.92. The zero-order valence-corrected chi connectivity index (χ0v) is 7.11. The summed E-state index contributed by atoms with van der Waals surface area (Å²) in [5.41, 5.74) is 0. The van der Waals surface area contributed by atoms with Crippen LogP contribution in [0.3, 0.4) is 0 Å². The molecule has 2 aliphatic heterocycles. The SMILES string of the molecule is OCC1COC1.OCC1COC1. The number of hydrogen-bond donors (Lipinski definition) is 2. The summed E-state index contributed by atoms with van der Waals surface area (Å²) < 4.78 is 9.53. The van der Waals surface area contributed by atoms with E-state index in [1.807, 2.05) is 0 Å². The van der Waals surface area contributed by atoms with E-state index in [2.05, 4.69) is 0 Å². The minimum absolute atomic E-state index is 0.292. The van der Waals surface area contributed by atoms with Gasteiger partial charge in [-0.2, -0.15) is 0 Å². The van der Waals surface area contributed by atoms with E-state index < -0.39 is 0 Å². The molecule has 0 aromatic heterocycles. The summed E-state index contributed by atoms with van der Waals surface area (Å²) >= 11 is 0. The summed E-state index contributed by atoms with van der Waals surface area (Å²) in [6.07, 6.45) is 0. The molecule has 4 heteroatoms. The zero-order valence-electron chi connectivity index (χ0n) is 7.11. The van der Waals surface area contributed by atoms with Gasteiger partial charge < -0.3 is 19.7 Å². The molecule has 2 heterocycles. The normalized spacial score (nSPS) is 23.5. The van der Waals surface area contributed by atoms with Crippen LogP contribution in [0.25, 0.3) is 0 Å². The highest BCUT2D eigenvalue weighted by Crippen LogP contribution is 2.07. The molecule has 0 radical (unpaired) electrons. The summed E-state index contributed by atoms with van der Waals surface area (Å²) in [6.45, 7) is 3.63. The lowest BCUT2D eigenvalue weighted by molar-refractivity contribution is -0.0555. The lowest BCUT2D eigenvalue weighted by Gasteiger charge is -2.22. The molecular formula is C8H16O4. The van der Waals surface area contributed by atoms with Crippen molar-refractivity contribution in [2.24, 2.45) is 11.8 Å². The molecule has 0 unspecified atom stereocenters. The van der Waals surface area contributed by atoms with Crippen LogP contribution in [0.4, 0.5) is 0 Å². The number of ether oxygens (including phenoxy) is 2. The molecule has 0 aliphatic carbocycles. The highest BCUT2D eigenvalue weighted by Gasteiger charge is 2.16. The van der Waals surface area contributed by atoms with Gasteiger partial charge in [-0.1, -0.05) is 0 Å². The van der Waals surface area contributed by atoms with Gasteiger partial charge in [-0.15, -0.1) is 0 Å². The van der Waals surface area contributed by atoms with Crippen LogP contribution in [-0.2, 0) is 9.47 Å². The van der Waals surface area contributed by atoms with Gasteiger partial charge >= 0.3 is 0 Å². The van der Waals surface area contributed by atoms with Crippen molar-refractivity contribution in [2.75, 3.05) is 39.6 Å². The van der Waals surface area contributed by atoms with Crippen molar-refractivity contribution in [3.63, 3.8) is 0 Å². The van der Waals surface area contributed by atoms with Gasteiger partial charge in [0.1, 0.15) is 0 Å². The van der Waals surface area contributed by atoms with E-state index in [9.17, 15) is 0 Å². The Bertz CT molecular complexity index is 90.1. The maximum Gasteiger partial charge on any atom is 0.0538 e. The topological polar surface area (TPSA) is 58.9 Å². The smallest absolute Gasteiger partial charge is 0.0538 e. The second-order valence-corrected chi connectivity index (χ2v) is 3.17. The summed E-state index contributed by atoms with van der Waals surface area (Å²) in [4.78, 5) is 0. The average molecular weight is 176 g/mol. The Morgan fingerprint density at radius 2 is 1.17 bits per heavy atom. The predicted octanol–water partition coefficient (Wildman–Crippen LogP) is -0.750. The summed E-state index contributed by atoms with van der Waals surface area (Å²) in [5, 5.41) is 16.6. The van der Waals surface area contributed by atoms with Crippen LogP contribution in [0.1, 0.15) is 0 Å². The van der Waals surface area contributed by atoms with Crippen molar-refractivity contribution in [2.45, 2.75) is 0 Å². The van der Waals surface area contributed by atoms with Gasteiger partial charge in [0, 0.05) is 11.8 Å². The first-order chi connectivity index (χ1) is 5.86. The molecule has 0 saturated carbocycles. The van der Waals surface area contributed by atoms with Crippen LogP contribution < -0.4 is 0 Å². The lowest BCUT2D eigenvalue weighted by Crippen LogP contribution is -2.30. The Hall–Kier alpha value is -0.160. The van der Waals surface area contributed by atoms with E-state index in [0.29, 0.717) is 25.0 Å². The van der Waals surface area contributed by atoms with Gasteiger partial charge in [0.15, 0.2) is 0 Å². The molecule has 0 amide bonds. The maximum absolute atomic E-state index is 8.31. The Labute approximate surface area is 72.1 Å². The summed E-state index contributed by atoms with van der Waals surface area (Å²) in [7, 11) is 0. The molecule has 4 nitrogen and oxygen atoms in total. The Morgan fingerprint density at radius 1 is 0.833 bits per heavy atom. The molecule has 72 valence electrons. The van der Waals surface area contributed by atoms with E-state index >= 15 is 0 Å². The number of aliphatic hydroxyl groups is 2. The third-order valence-corrected chi connectivity index (χ3v) is 1.93. The molecular weight excluding hydrogens is 160 g/mol. The van der Waals surface area contributed by atoms with Gasteiger partial charge in [0.25, 0.3) is 0 Å². The molecule has 2 rings (SSSR count). The van der Waals surface area contributed by atoms with Gasteiger partial charge in [-0.25, -0.2) is 0 Å². The van der Waals surface area contributed by atoms with Crippen molar-refractivity contribution in [1.29, 1.82) is 0 Å². The molecule has 2 fully saturated rings. The van der Waals surface area contributed by atoms with Crippen LogP contribution in [0, 0.1) is 11.8 Å². The van der Waals surface area contributed by atoms with Crippen molar-refractivity contribution in [3.8, 4) is 0 Å². The highest BCUT2D eigenvalue weighted by atomic mass is 16.5. The molecule has 12 heavy (non-hydrogen) atoms. The fourth-order valence-corrected chi connectivity index (χ4v) is 0.780. The second-order valence-electron chi connectivity index (χ2n) is 3.17. The number of hydrogen-bond acceptors (Lipinski definition) is 4. The van der Waals surface area contributed by atoms with Crippen LogP contribution in [-0.4, -0.2) is 49.9 Å². The Morgan fingerprint density at radius 3 is 1.17 bits per heavy atom. The molecule has 0 atom stereocenters. The molecule has 0 aromatic rings. The molecule has 2 N–H and O–H groups in total. The largest absolute Gasteiger partial charge is 0.396 e. The van der Waals surface area contributed by atoms with Gasteiger partial charge in [0.05, 0.1) is 39.6 Å². The number of rotatable bonds is 2. The van der Waals surface area contributed by atoms with Crippen molar-refractivity contribution in [3.05, 3.63) is 0 Å². The predicted molar refractivity (Wildman–Crippen MR) is 42.8 cm³/mol. The fraction of sp³-hybridized carbons (Fsp3) is 1.00. The minimum Gasteiger partial charge on any atom is -0.396 e. The third kappa shape index (κ3) is 3.06. The van der Waals surface area contributed by atoms with Crippen LogP contribution in [0.2, 0.25) is 0 Å². The van der Waals surface area contributed by atoms with Gasteiger partial charge in [0.2, 0.25) is 0 Å². The first-order valence-corrected chi connectivity index (χ1v) is 4.24. The maximum atomic E-state index is 8.31. The quantitative estimate of drug-likeness (QED) is 0.581. The molecule has 0 bridgehead atoms. The zero-order chi connectivity index (χ0) is 8.81. The van der Waals surface area contributed by atoms with E-state index in [0.717, 1.165) is 26.4 Å². The van der Waals surface area contributed by atoms with Crippen molar-refractivity contribution < 1.29 is 19.7 Å². The highest BCUT2D eigenvalue weighted by molar-refractivity contribution is 4.62. The monoisotopic (exact) mass is 176 g/mol. The number of aliphatic hydroxyl groups excluding tert-OH is 2. The van der Waals surface area contributed by atoms with Crippen LogP contribution >= 0.6 is 0 Å². The molecule has 0 aromatic carbocycles. The standard InChI is InChI=1S/2C4H8O2/c2*5-1-4-2-6-3-4/h2*4-5H,1-3H2. The lowest BCUT2D eigenvalue weighted by atomic mass is 10.1.